The van der Waals surface area contributed by atoms with Gasteiger partial charge in [0.2, 0.25) is 0 Å². The van der Waals surface area contributed by atoms with Crippen LogP contribution in [-0.4, -0.2) is 5.11 Å². The standard InChI is InChI=1S/C13H8BrF3N2S/c14-10-5-8(16)6-11(17)12(10)19-13(20)18-9-3-1-2-7(15)4-9/h1-6H,(H2,18,19,20). The summed E-state index contributed by atoms with van der Waals surface area (Å²) in [7, 11) is 0. The molecule has 0 aromatic heterocycles. The highest BCUT2D eigenvalue weighted by atomic mass is 79.9. The van der Waals surface area contributed by atoms with Gasteiger partial charge in [0.25, 0.3) is 0 Å². The van der Waals surface area contributed by atoms with Crippen LogP contribution in [0.15, 0.2) is 40.9 Å². The minimum absolute atomic E-state index is 0.000281. The summed E-state index contributed by atoms with van der Waals surface area (Å²) >= 11 is 8.02. The van der Waals surface area contributed by atoms with Crippen molar-refractivity contribution in [2.45, 2.75) is 0 Å². The number of hydrogen-bond donors (Lipinski definition) is 2. The van der Waals surface area contributed by atoms with Gasteiger partial charge in [-0.1, -0.05) is 6.07 Å². The number of anilines is 2. The van der Waals surface area contributed by atoms with E-state index >= 15 is 0 Å². The molecule has 0 aliphatic rings. The van der Waals surface area contributed by atoms with Crippen molar-refractivity contribution in [2.75, 3.05) is 10.6 Å². The van der Waals surface area contributed by atoms with E-state index in [4.69, 9.17) is 12.2 Å². The van der Waals surface area contributed by atoms with Gasteiger partial charge in [-0.3, -0.25) is 0 Å². The molecule has 2 aromatic carbocycles. The predicted octanol–water partition coefficient (Wildman–Crippen LogP) is 4.68. The Morgan fingerprint density at radius 2 is 1.75 bits per heavy atom. The van der Waals surface area contributed by atoms with Crippen molar-refractivity contribution >= 4 is 44.6 Å². The summed E-state index contributed by atoms with van der Waals surface area (Å²) < 4.78 is 39.7. The van der Waals surface area contributed by atoms with Crippen LogP contribution in [0.4, 0.5) is 24.5 Å². The lowest BCUT2D eigenvalue weighted by atomic mass is 10.3. The van der Waals surface area contributed by atoms with Gasteiger partial charge in [-0.15, -0.1) is 0 Å². The predicted molar refractivity (Wildman–Crippen MR) is 80.3 cm³/mol. The molecule has 0 heterocycles. The van der Waals surface area contributed by atoms with Gasteiger partial charge in [-0.2, -0.15) is 0 Å². The van der Waals surface area contributed by atoms with E-state index < -0.39 is 17.5 Å². The number of hydrogen-bond acceptors (Lipinski definition) is 1. The van der Waals surface area contributed by atoms with E-state index in [0.29, 0.717) is 5.69 Å². The van der Waals surface area contributed by atoms with Crippen molar-refractivity contribution in [3.63, 3.8) is 0 Å². The molecule has 0 aliphatic heterocycles. The molecule has 104 valence electrons. The lowest BCUT2D eigenvalue weighted by molar-refractivity contribution is 0.585. The van der Waals surface area contributed by atoms with E-state index in [1.165, 1.54) is 18.2 Å². The maximum atomic E-state index is 13.6. The molecule has 2 rings (SSSR count). The van der Waals surface area contributed by atoms with Crippen molar-refractivity contribution in [2.24, 2.45) is 0 Å². The van der Waals surface area contributed by atoms with Crippen LogP contribution in [0.25, 0.3) is 0 Å². The number of thiocarbonyl (C=S) groups is 1. The minimum atomic E-state index is -0.791. The summed E-state index contributed by atoms with van der Waals surface area (Å²) in [5, 5.41) is 5.34. The molecule has 20 heavy (non-hydrogen) atoms. The van der Waals surface area contributed by atoms with Crippen molar-refractivity contribution in [3.8, 4) is 0 Å². The first kappa shape index (κ1) is 14.8. The average molecular weight is 361 g/mol. The molecule has 0 amide bonds. The van der Waals surface area contributed by atoms with E-state index in [1.807, 2.05) is 0 Å². The van der Waals surface area contributed by atoms with Crippen LogP contribution in [-0.2, 0) is 0 Å². The van der Waals surface area contributed by atoms with Crippen molar-refractivity contribution < 1.29 is 13.2 Å². The summed E-state index contributed by atoms with van der Waals surface area (Å²) in [5.41, 5.74) is 0.418. The molecule has 2 N–H and O–H groups in total. The molecule has 2 aromatic rings. The molecular weight excluding hydrogens is 353 g/mol. The SMILES string of the molecule is Fc1cccc(NC(=S)Nc2c(F)cc(F)cc2Br)c1. The molecule has 0 atom stereocenters. The second-order valence-electron chi connectivity index (χ2n) is 3.83. The Balaban J connectivity index is 2.13. The van der Waals surface area contributed by atoms with E-state index in [2.05, 4.69) is 26.6 Å². The quantitative estimate of drug-likeness (QED) is 0.760. The molecule has 0 spiro atoms. The zero-order valence-corrected chi connectivity index (χ0v) is 12.3. The van der Waals surface area contributed by atoms with Gasteiger partial charge in [0.1, 0.15) is 11.6 Å². The van der Waals surface area contributed by atoms with Gasteiger partial charge < -0.3 is 10.6 Å². The second-order valence-corrected chi connectivity index (χ2v) is 5.10. The Kier molecular flexibility index (Phi) is 4.61. The van der Waals surface area contributed by atoms with E-state index in [0.717, 1.165) is 12.1 Å². The third kappa shape index (κ3) is 3.71. The van der Waals surface area contributed by atoms with Crippen LogP contribution in [0.2, 0.25) is 0 Å². The Hall–Kier alpha value is -1.60. The zero-order chi connectivity index (χ0) is 14.7. The van der Waals surface area contributed by atoms with Gasteiger partial charge in [0.05, 0.1) is 5.69 Å². The molecule has 0 fully saturated rings. The van der Waals surface area contributed by atoms with Gasteiger partial charge in [-0.25, -0.2) is 13.2 Å². The lowest BCUT2D eigenvalue weighted by Crippen LogP contribution is -2.20. The Bertz CT molecular complexity index is 641. The topological polar surface area (TPSA) is 24.1 Å². The monoisotopic (exact) mass is 360 g/mol. The van der Waals surface area contributed by atoms with Crippen LogP contribution in [0.1, 0.15) is 0 Å². The van der Waals surface area contributed by atoms with Gasteiger partial charge in [-0.05, 0) is 52.4 Å². The average Bonchev–Trinajstić information content (AvgIpc) is 2.33. The third-order valence-electron chi connectivity index (χ3n) is 2.33. The highest BCUT2D eigenvalue weighted by Crippen LogP contribution is 2.27. The minimum Gasteiger partial charge on any atom is -0.332 e. The Labute approximate surface area is 127 Å². The van der Waals surface area contributed by atoms with Crippen LogP contribution >= 0.6 is 28.1 Å². The van der Waals surface area contributed by atoms with Gasteiger partial charge in [0, 0.05) is 16.2 Å². The lowest BCUT2D eigenvalue weighted by Gasteiger charge is -2.12. The Morgan fingerprint density at radius 1 is 1.00 bits per heavy atom. The first-order valence-corrected chi connectivity index (χ1v) is 6.64. The molecule has 0 aliphatic carbocycles. The van der Waals surface area contributed by atoms with Crippen LogP contribution < -0.4 is 10.6 Å². The number of halogens is 4. The first-order valence-electron chi connectivity index (χ1n) is 5.44. The molecule has 2 nitrogen and oxygen atoms in total. The Morgan fingerprint density at radius 3 is 2.40 bits per heavy atom. The summed E-state index contributed by atoms with van der Waals surface area (Å²) in [6.07, 6.45) is 0. The highest BCUT2D eigenvalue weighted by molar-refractivity contribution is 9.10. The fraction of sp³-hybridized carbons (Fsp3) is 0. The smallest absolute Gasteiger partial charge is 0.175 e. The fourth-order valence-corrected chi connectivity index (χ4v) is 2.23. The number of rotatable bonds is 2. The zero-order valence-electron chi connectivity index (χ0n) is 9.88. The van der Waals surface area contributed by atoms with Crippen molar-refractivity contribution in [3.05, 3.63) is 58.3 Å². The normalized spacial score (nSPS) is 10.2. The maximum absolute atomic E-state index is 13.6. The van der Waals surface area contributed by atoms with E-state index in [1.54, 1.807) is 6.07 Å². The molecule has 0 radical (unpaired) electrons. The largest absolute Gasteiger partial charge is 0.332 e. The van der Waals surface area contributed by atoms with Gasteiger partial charge >= 0.3 is 0 Å². The molecule has 0 bridgehead atoms. The summed E-state index contributed by atoms with van der Waals surface area (Å²) in [4.78, 5) is 0. The summed E-state index contributed by atoms with van der Waals surface area (Å²) in [6.45, 7) is 0. The number of nitrogens with one attached hydrogen (secondary N) is 2. The van der Waals surface area contributed by atoms with E-state index in [-0.39, 0.29) is 15.3 Å². The molecule has 0 unspecified atom stereocenters. The van der Waals surface area contributed by atoms with Crippen LogP contribution in [0, 0.1) is 17.5 Å². The first-order chi connectivity index (χ1) is 9.45. The molecule has 7 heteroatoms. The van der Waals surface area contributed by atoms with Crippen LogP contribution in [0.5, 0.6) is 0 Å². The van der Waals surface area contributed by atoms with Gasteiger partial charge in [0.15, 0.2) is 10.9 Å². The molecule has 0 saturated carbocycles. The fourth-order valence-electron chi connectivity index (χ4n) is 1.50. The third-order valence-corrected chi connectivity index (χ3v) is 3.16. The molecule has 0 saturated heterocycles. The van der Waals surface area contributed by atoms with E-state index in [9.17, 15) is 13.2 Å². The summed E-state index contributed by atoms with van der Waals surface area (Å²) in [5.74, 6) is -1.92. The van der Waals surface area contributed by atoms with Crippen molar-refractivity contribution in [1.82, 2.24) is 0 Å². The summed E-state index contributed by atoms with van der Waals surface area (Å²) in [6, 6.07) is 7.48. The van der Waals surface area contributed by atoms with Crippen molar-refractivity contribution in [1.29, 1.82) is 0 Å². The highest BCUT2D eigenvalue weighted by Gasteiger charge is 2.11. The second kappa shape index (κ2) is 6.23. The number of benzene rings is 2. The maximum Gasteiger partial charge on any atom is 0.175 e. The van der Waals surface area contributed by atoms with Crippen LogP contribution in [0.3, 0.4) is 0 Å². The molecular formula is C13H8BrF3N2S.